The molecule has 0 heterocycles. The Kier molecular flexibility index (Phi) is 6.83. The molecule has 0 saturated heterocycles. The second-order valence-corrected chi connectivity index (χ2v) is 5.40. The summed E-state index contributed by atoms with van der Waals surface area (Å²) in [7, 11) is 0. The molecule has 0 aliphatic rings. The van der Waals surface area contributed by atoms with Crippen molar-refractivity contribution in [2.24, 2.45) is 0 Å². The van der Waals surface area contributed by atoms with E-state index in [1.165, 1.54) is 5.56 Å². The van der Waals surface area contributed by atoms with Crippen LogP contribution in [0.2, 0.25) is 0 Å². The highest BCUT2D eigenvalue weighted by molar-refractivity contribution is 5.80. The minimum atomic E-state index is -0.970. The van der Waals surface area contributed by atoms with E-state index in [2.05, 4.69) is 17.4 Å². The maximum Gasteiger partial charge on any atom is 0.303 e. The van der Waals surface area contributed by atoms with Crippen molar-refractivity contribution in [1.82, 2.24) is 5.32 Å². The number of carboxylic acid groups (broad SMARTS) is 1. The SMILES string of the molecule is O=C(O)CCC(=O)NCc1ccc(OCCc2ccccc2)cc1. The van der Waals surface area contributed by atoms with Crippen LogP contribution in [-0.4, -0.2) is 23.6 Å². The van der Waals surface area contributed by atoms with Crippen LogP contribution in [0.3, 0.4) is 0 Å². The third kappa shape index (κ3) is 6.52. The van der Waals surface area contributed by atoms with Crippen molar-refractivity contribution in [1.29, 1.82) is 0 Å². The van der Waals surface area contributed by atoms with E-state index in [4.69, 9.17) is 9.84 Å². The molecule has 0 aromatic heterocycles. The molecule has 2 rings (SSSR count). The molecule has 0 fully saturated rings. The molecule has 5 nitrogen and oxygen atoms in total. The third-order valence-electron chi connectivity index (χ3n) is 3.48. The van der Waals surface area contributed by atoms with Crippen LogP contribution in [0.1, 0.15) is 24.0 Å². The van der Waals surface area contributed by atoms with E-state index in [9.17, 15) is 9.59 Å². The zero-order valence-electron chi connectivity index (χ0n) is 13.4. The Morgan fingerprint density at radius 1 is 0.917 bits per heavy atom. The highest BCUT2D eigenvalue weighted by Gasteiger charge is 2.05. The molecular weight excluding hydrogens is 306 g/mol. The van der Waals surface area contributed by atoms with E-state index in [-0.39, 0.29) is 18.7 Å². The topological polar surface area (TPSA) is 75.6 Å². The quantitative estimate of drug-likeness (QED) is 0.742. The van der Waals surface area contributed by atoms with Crippen molar-refractivity contribution in [3.05, 3.63) is 65.7 Å². The van der Waals surface area contributed by atoms with Gasteiger partial charge >= 0.3 is 5.97 Å². The molecular formula is C19H21NO4. The number of carboxylic acids is 1. The number of ether oxygens (including phenoxy) is 1. The van der Waals surface area contributed by atoms with Crippen molar-refractivity contribution in [2.45, 2.75) is 25.8 Å². The number of carbonyl (C=O) groups is 2. The molecule has 2 aromatic rings. The van der Waals surface area contributed by atoms with E-state index >= 15 is 0 Å². The Labute approximate surface area is 141 Å². The molecule has 5 heteroatoms. The van der Waals surface area contributed by atoms with Crippen molar-refractivity contribution in [2.75, 3.05) is 6.61 Å². The molecule has 24 heavy (non-hydrogen) atoms. The summed E-state index contributed by atoms with van der Waals surface area (Å²) in [6.07, 6.45) is 0.693. The normalized spacial score (nSPS) is 10.2. The van der Waals surface area contributed by atoms with Gasteiger partial charge in [0, 0.05) is 19.4 Å². The molecule has 0 aliphatic heterocycles. The van der Waals surface area contributed by atoms with E-state index < -0.39 is 5.97 Å². The van der Waals surface area contributed by atoms with Crippen LogP contribution in [0, 0.1) is 0 Å². The number of rotatable bonds is 9. The molecule has 0 saturated carbocycles. The number of hydrogen-bond acceptors (Lipinski definition) is 3. The van der Waals surface area contributed by atoms with Gasteiger partial charge in [-0.3, -0.25) is 9.59 Å². The van der Waals surface area contributed by atoms with Gasteiger partial charge in [0.2, 0.25) is 5.91 Å². The predicted molar refractivity (Wildman–Crippen MR) is 90.8 cm³/mol. The maximum atomic E-state index is 11.5. The van der Waals surface area contributed by atoms with Gasteiger partial charge in [0.15, 0.2) is 0 Å². The summed E-state index contributed by atoms with van der Waals surface area (Å²) in [5.74, 6) is -0.449. The van der Waals surface area contributed by atoms with Crippen LogP contribution >= 0.6 is 0 Å². The van der Waals surface area contributed by atoms with E-state index in [0.717, 1.165) is 17.7 Å². The average Bonchev–Trinajstić information content (AvgIpc) is 2.60. The Morgan fingerprint density at radius 2 is 1.62 bits per heavy atom. The molecule has 2 aromatic carbocycles. The minimum absolute atomic E-state index is 0.00395. The largest absolute Gasteiger partial charge is 0.493 e. The van der Waals surface area contributed by atoms with Crippen LogP contribution in [0.5, 0.6) is 5.75 Å². The standard InChI is InChI=1S/C19H21NO4/c21-18(10-11-19(22)23)20-14-16-6-8-17(9-7-16)24-13-12-15-4-2-1-3-5-15/h1-9H,10-14H2,(H,20,21)(H,22,23). The number of carbonyl (C=O) groups excluding carboxylic acids is 1. The van der Waals surface area contributed by atoms with Gasteiger partial charge in [-0.15, -0.1) is 0 Å². The lowest BCUT2D eigenvalue weighted by Crippen LogP contribution is -2.23. The Balaban J connectivity index is 1.70. The molecule has 0 unspecified atom stereocenters. The number of amides is 1. The maximum absolute atomic E-state index is 11.5. The summed E-state index contributed by atoms with van der Waals surface area (Å²) < 4.78 is 5.70. The lowest BCUT2D eigenvalue weighted by Gasteiger charge is -2.08. The first-order chi connectivity index (χ1) is 11.6. The smallest absolute Gasteiger partial charge is 0.303 e. The highest BCUT2D eigenvalue weighted by Crippen LogP contribution is 2.13. The summed E-state index contributed by atoms with van der Waals surface area (Å²) in [5.41, 5.74) is 2.17. The second kappa shape index (κ2) is 9.35. The highest BCUT2D eigenvalue weighted by atomic mass is 16.5. The Hall–Kier alpha value is -2.82. The molecule has 1 amide bonds. The molecule has 0 atom stereocenters. The third-order valence-corrected chi connectivity index (χ3v) is 3.48. The Morgan fingerprint density at radius 3 is 2.29 bits per heavy atom. The zero-order chi connectivity index (χ0) is 17.2. The summed E-state index contributed by atoms with van der Waals surface area (Å²) in [6.45, 7) is 0.984. The first kappa shape index (κ1) is 17.5. The fourth-order valence-corrected chi connectivity index (χ4v) is 2.14. The summed E-state index contributed by atoms with van der Waals surface area (Å²) in [5, 5.41) is 11.2. The van der Waals surface area contributed by atoms with Crippen LogP contribution in [0.4, 0.5) is 0 Å². The van der Waals surface area contributed by atoms with Crippen molar-refractivity contribution >= 4 is 11.9 Å². The molecule has 2 N–H and O–H groups in total. The molecule has 0 spiro atoms. The number of hydrogen-bond donors (Lipinski definition) is 2. The average molecular weight is 327 g/mol. The zero-order valence-corrected chi connectivity index (χ0v) is 13.4. The lowest BCUT2D eigenvalue weighted by molar-refractivity contribution is -0.138. The number of benzene rings is 2. The van der Waals surface area contributed by atoms with Crippen LogP contribution < -0.4 is 10.1 Å². The summed E-state index contributed by atoms with van der Waals surface area (Å²) in [4.78, 5) is 21.9. The Bertz CT molecular complexity index is 653. The van der Waals surface area contributed by atoms with Gasteiger partial charge < -0.3 is 15.2 Å². The molecule has 126 valence electrons. The summed E-state index contributed by atoms with van der Waals surface area (Å²) in [6, 6.07) is 17.6. The van der Waals surface area contributed by atoms with Crippen LogP contribution in [-0.2, 0) is 22.6 Å². The van der Waals surface area contributed by atoms with Crippen molar-refractivity contribution in [3.8, 4) is 5.75 Å². The van der Waals surface area contributed by atoms with Crippen LogP contribution in [0.25, 0.3) is 0 Å². The lowest BCUT2D eigenvalue weighted by atomic mass is 10.2. The van der Waals surface area contributed by atoms with Gasteiger partial charge in [-0.05, 0) is 23.3 Å². The first-order valence-corrected chi connectivity index (χ1v) is 7.87. The summed E-state index contributed by atoms with van der Waals surface area (Å²) >= 11 is 0. The van der Waals surface area contributed by atoms with Gasteiger partial charge in [-0.2, -0.15) is 0 Å². The first-order valence-electron chi connectivity index (χ1n) is 7.87. The molecule has 0 radical (unpaired) electrons. The van der Waals surface area contributed by atoms with Crippen LogP contribution in [0.15, 0.2) is 54.6 Å². The molecule has 0 aliphatic carbocycles. The van der Waals surface area contributed by atoms with Gasteiger partial charge in [0.25, 0.3) is 0 Å². The van der Waals surface area contributed by atoms with Crippen molar-refractivity contribution < 1.29 is 19.4 Å². The van der Waals surface area contributed by atoms with Gasteiger partial charge in [0.1, 0.15) is 5.75 Å². The monoisotopic (exact) mass is 327 g/mol. The second-order valence-electron chi connectivity index (χ2n) is 5.40. The fraction of sp³-hybridized carbons (Fsp3) is 0.263. The number of nitrogens with one attached hydrogen (secondary N) is 1. The fourth-order valence-electron chi connectivity index (χ4n) is 2.14. The van der Waals surface area contributed by atoms with Gasteiger partial charge in [-0.25, -0.2) is 0 Å². The van der Waals surface area contributed by atoms with Gasteiger partial charge in [0.05, 0.1) is 13.0 Å². The van der Waals surface area contributed by atoms with E-state index in [1.807, 2.05) is 42.5 Å². The number of aliphatic carboxylic acids is 1. The van der Waals surface area contributed by atoms with Crippen molar-refractivity contribution in [3.63, 3.8) is 0 Å². The molecule has 0 bridgehead atoms. The van der Waals surface area contributed by atoms with E-state index in [0.29, 0.717) is 13.2 Å². The van der Waals surface area contributed by atoms with Gasteiger partial charge in [-0.1, -0.05) is 42.5 Å². The van der Waals surface area contributed by atoms with E-state index in [1.54, 1.807) is 0 Å². The minimum Gasteiger partial charge on any atom is -0.493 e. The predicted octanol–water partition coefficient (Wildman–Crippen LogP) is 2.79.